The molecule has 4 nitrogen and oxygen atoms in total. The summed E-state index contributed by atoms with van der Waals surface area (Å²) in [6, 6.07) is 12.7. The van der Waals surface area contributed by atoms with Crippen LogP contribution in [0.2, 0.25) is 0 Å². The molecule has 2 N–H and O–H groups in total. The number of rotatable bonds is 6. The van der Waals surface area contributed by atoms with E-state index in [9.17, 15) is 14.3 Å². The van der Waals surface area contributed by atoms with E-state index in [1.165, 1.54) is 24.3 Å². The second-order valence-electron chi connectivity index (χ2n) is 4.90. The number of halogens is 1. The maximum atomic E-state index is 12.8. The van der Waals surface area contributed by atoms with Gasteiger partial charge in [0.25, 0.3) is 0 Å². The van der Waals surface area contributed by atoms with Crippen LogP contribution in [0.15, 0.2) is 48.5 Å². The molecule has 0 heterocycles. The minimum Gasteiger partial charge on any atom is -0.497 e. The van der Waals surface area contributed by atoms with Gasteiger partial charge in [-0.25, -0.2) is 4.39 Å². The van der Waals surface area contributed by atoms with E-state index in [0.29, 0.717) is 5.56 Å². The Labute approximate surface area is 128 Å². The van der Waals surface area contributed by atoms with Crippen molar-refractivity contribution in [1.82, 2.24) is 5.32 Å². The van der Waals surface area contributed by atoms with Gasteiger partial charge in [-0.2, -0.15) is 0 Å². The molecule has 2 aromatic carbocycles. The highest BCUT2D eigenvalue weighted by Crippen LogP contribution is 2.13. The van der Waals surface area contributed by atoms with Crippen LogP contribution >= 0.6 is 0 Å². The molecule has 0 spiro atoms. The predicted octanol–water partition coefficient (Wildman–Crippen LogP) is 2.23. The third-order valence-electron chi connectivity index (χ3n) is 3.27. The number of carbonyl (C=O) groups excluding carboxylic acids is 1. The van der Waals surface area contributed by atoms with Crippen LogP contribution in [0.1, 0.15) is 17.2 Å². The van der Waals surface area contributed by atoms with Gasteiger partial charge in [-0.3, -0.25) is 4.79 Å². The Morgan fingerprint density at radius 2 is 1.82 bits per heavy atom. The first-order valence-corrected chi connectivity index (χ1v) is 6.91. The Morgan fingerprint density at radius 3 is 2.41 bits per heavy atom. The van der Waals surface area contributed by atoms with Gasteiger partial charge in [-0.1, -0.05) is 24.3 Å². The van der Waals surface area contributed by atoms with E-state index in [4.69, 9.17) is 4.74 Å². The lowest BCUT2D eigenvalue weighted by atomic mass is 10.1. The van der Waals surface area contributed by atoms with Gasteiger partial charge in [0.1, 0.15) is 11.6 Å². The Balaban J connectivity index is 1.82. The Kier molecular flexibility index (Phi) is 5.49. The van der Waals surface area contributed by atoms with E-state index < -0.39 is 6.10 Å². The molecule has 0 radical (unpaired) electrons. The molecule has 0 saturated carbocycles. The number of aliphatic hydroxyl groups excluding tert-OH is 1. The zero-order valence-electron chi connectivity index (χ0n) is 12.3. The zero-order chi connectivity index (χ0) is 15.9. The van der Waals surface area contributed by atoms with Crippen molar-refractivity contribution in [2.45, 2.75) is 12.5 Å². The molecule has 0 saturated heterocycles. The summed E-state index contributed by atoms with van der Waals surface area (Å²) >= 11 is 0. The van der Waals surface area contributed by atoms with Crippen molar-refractivity contribution in [2.24, 2.45) is 0 Å². The van der Waals surface area contributed by atoms with Crippen LogP contribution in [-0.4, -0.2) is 24.7 Å². The fraction of sp³-hybridized carbons (Fsp3) is 0.235. The largest absolute Gasteiger partial charge is 0.497 e. The van der Waals surface area contributed by atoms with Crippen molar-refractivity contribution in [3.63, 3.8) is 0 Å². The topological polar surface area (TPSA) is 58.6 Å². The van der Waals surface area contributed by atoms with Gasteiger partial charge in [-0.15, -0.1) is 0 Å². The SMILES string of the molecule is COc1ccc(CC(=O)NCC(O)c2ccc(F)cc2)cc1. The van der Waals surface area contributed by atoms with E-state index in [-0.39, 0.29) is 24.7 Å². The van der Waals surface area contributed by atoms with Crippen LogP contribution in [0.3, 0.4) is 0 Å². The summed E-state index contributed by atoms with van der Waals surface area (Å²) in [7, 11) is 1.58. The number of nitrogens with one attached hydrogen (secondary N) is 1. The third kappa shape index (κ3) is 4.56. The third-order valence-corrected chi connectivity index (χ3v) is 3.27. The molecule has 2 rings (SSSR count). The summed E-state index contributed by atoms with van der Waals surface area (Å²) in [4.78, 5) is 11.8. The molecule has 0 aromatic heterocycles. The number of hydrogen-bond acceptors (Lipinski definition) is 3. The van der Waals surface area contributed by atoms with Gasteiger partial charge in [0.15, 0.2) is 0 Å². The number of methoxy groups -OCH3 is 1. The summed E-state index contributed by atoms with van der Waals surface area (Å²) in [5.41, 5.74) is 1.42. The first-order chi connectivity index (χ1) is 10.6. The molecule has 0 bridgehead atoms. The second-order valence-corrected chi connectivity index (χ2v) is 4.90. The number of carbonyl (C=O) groups is 1. The molecular formula is C17H18FNO3. The molecule has 0 aliphatic heterocycles. The zero-order valence-corrected chi connectivity index (χ0v) is 12.3. The lowest BCUT2D eigenvalue weighted by Crippen LogP contribution is -2.29. The normalized spacial score (nSPS) is 11.8. The molecule has 22 heavy (non-hydrogen) atoms. The summed E-state index contributed by atoms with van der Waals surface area (Å²) < 4.78 is 17.9. The number of ether oxygens (including phenoxy) is 1. The highest BCUT2D eigenvalue weighted by Gasteiger charge is 2.10. The smallest absolute Gasteiger partial charge is 0.224 e. The summed E-state index contributed by atoms with van der Waals surface area (Å²) in [6.07, 6.45) is -0.638. The maximum Gasteiger partial charge on any atom is 0.224 e. The lowest BCUT2D eigenvalue weighted by Gasteiger charge is -2.12. The average Bonchev–Trinajstić information content (AvgIpc) is 2.54. The molecule has 0 aliphatic carbocycles. The van der Waals surface area contributed by atoms with Crippen molar-refractivity contribution in [2.75, 3.05) is 13.7 Å². The molecule has 0 fully saturated rings. The molecule has 1 unspecified atom stereocenters. The van der Waals surface area contributed by atoms with Crippen LogP contribution in [0.5, 0.6) is 5.75 Å². The predicted molar refractivity (Wildman–Crippen MR) is 81.1 cm³/mol. The van der Waals surface area contributed by atoms with Crippen molar-refractivity contribution in [3.8, 4) is 5.75 Å². The number of hydrogen-bond donors (Lipinski definition) is 2. The molecule has 0 aliphatic rings. The number of benzene rings is 2. The van der Waals surface area contributed by atoms with Crippen molar-refractivity contribution in [1.29, 1.82) is 0 Å². The van der Waals surface area contributed by atoms with Crippen molar-refractivity contribution in [3.05, 3.63) is 65.5 Å². The first-order valence-electron chi connectivity index (χ1n) is 6.91. The average molecular weight is 303 g/mol. The highest BCUT2D eigenvalue weighted by atomic mass is 19.1. The fourth-order valence-corrected chi connectivity index (χ4v) is 2.00. The minimum absolute atomic E-state index is 0.0839. The molecule has 116 valence electrons. The molecule has 1 amide bonds. The van der Waals surface area contributed by atoms with Crippen LogP contribution in [0.4, 0.5) is 4.39 Å². The van der Waals surface area contributed by atoms with E-state index in [1.807, 2.05) is 12.1 Å². The van der Waals surface area contributed by atoms with Gasteiger partial charge >= 0.3 is 0 Å². The number of aliphatic hydroxyl groups is 1. The van der Waals surface area contributed by atoms with E-state index in [1.54, 1.807) is 19.2 Å². The monoisotopic (exact) mass is 303 g/mol. The first kappa shape index (κ1) is 16.0. The van der Waals surface area contributed by atoms with Gasteiger partial charge in [0.05, 0.1) is 19.6 Å². The maximum absolute atomic E-state index is 12.8. The summed E-state index contributed by atoms with van der Waals surface area (Å²) in [5.74, 6) is 0.182. The quantitative estimate of drug-likeness (QED) is 0.860. The highest BCUT2D eigenvalue weighted by molar-refractivity contribution is 5.78. The Morgan fingerprint density at radius 1 is 1.18 bits per heavy atom. The van der Waals surface area contributed by atoms with Crippen molar-refractivity contribution >= 4 is 5.91 Å². The van der Waals surface area contributed by atoms with E-state index >= 15 is 0 Å². The minimum atomic E-state index is -0.861. The second kappa shape index (κ2) is 7.56. The van der Waals surface area contributed by atoms with E-state index in [0.717, 1.165) is 11.3 Å². The van der Waals surface area contributed by atoms with Crippen molar-refractivity contribution < 1.29 is 19.0 Å². The molecule has 5 heteroatoms. The molecule has 2 aromatic rings. The summed E-state index contributed by atoms with van der Waals surface area (Å²) in [6.45, 7) is 0.0839. The van der Waals surface area contributed by atoms with Gasteiger partial charge < -0.3 is 15.2 Å². The van der Waals surface area contributed by atoms with Gasteiger partial charge in [-0.05, 0) is 35.4 Å². The van der Waals surface area contributed by atoms with Gasteiger partial charge in [0.2, 0.25) is 5.91 Å². The van der Waals surface area contributed by atoms with E-state index in [2.05, 4.69) is 5.32 Å². The number of amides is 1. The lowest BCUT2D eigenvalue weighted by molar-refractivity contribution is -0.120. The van der Waals surface area contributed by atoms with Crippen LogP contribution < -0.4 is 10.1 Å². The van der Waals surface area contributed by atoms with Gasteiger partial charge in [0, 0.05) is 6.54 Å². The standard InChI is InChI=1S/C17H18FNO3/c1-22-15-8-2-12(3-9-15)10-17(21)19-11-16(20)13-4-6-14(18)7-5-13/h2-9,16,20H,10-11H2,1H3,(H,19,21). The summed E-state index contributed by atoms with van der Waals surface area (Å²) in [5, 5.41) is 12.6. The van der Waals surface area contributed by atoms with Crippen LogP contribution in [0, 0.1) is 5.82 Å². The molecule has 1 atom stereocenters. The Bertz CT molecular complexity index is 611. The fourth-order valence-electron chi connectivity index (χ4n) is 2.00. The molecular weight excluding hydrogens is 285 g/mol. The van der Waals surface area contributed by atoms with Crippen LogP contribution in [0.25, 0.3) is 0 Å². The Hall–Kier alpha value is -2.40. The van der Waals surface area contributed by atoms with Crippen LogP contribution in [-0.2, 0) is 11.2 Å².